The molecule has 0 spiro atoms. The Morgan fingerprint density at radius 1 is 0.441 bits per heavy atom. The summed E-state index contributed by atoms with van der Waals surface area (Å²) in [4.78, 5) is 51.7. The summed E-state index contributed by atoms with van der Waals surface area (Å²) in [6, 6.07) is 56.7. The predicted molar refractivity (Wildman–Crippen MR) is 233 cm³/mol. The van der Waals surface area contributed by atoms with Gasteiger partial charge >= 0.3 is 11.9 Å². The minimum atomic E-state index is -0.638. The van der Waals surface area contributed by atoms with Gasteiger partial charge in [-0.3, -0.25) is 9.59 Å². The Bertz CT molecular complexity index is 2180. The molecular formula is C48H47N5O6. The number of ether oxygens (including phenoxy) is 2. The van der Waals surface area contributed by atoms with Crippen LogP contribution in [0.1, 0.15) is 20.7 Å². The van der Waals surface area contributed by atoms with Gasteiger partial charge in [0.05, 0.1) is 14.2 Å². The van der Waals surface area contributed by atoms with Crippen molar-refractivity contribution in [1.82, 2.24) is 15.5 Å². The number of nitrogens with zero attached hydrogens (tertiary/aromatic N) is 2. The number of para-hydroxylation sites is 4. The maximum Gasteiger partial charge on any atom is 0.356 e. The highest BCUT2D eigenvalue weighted by atomic mass is 16.5. The third-order valence-corrected chi connectivity index (χ3v) is 7.93. The third-order valence-electron chi connectivity index (χ3n) is 7.93. The van der Waals surface area contributed by atoms with Crippen molar-refractivity contribution in [2.75, 3.05) is 38.5 Å². The molecule has 0 saturated carbocycles. The van der Waals surface area contributed by atoms with Crippen molar-refractivity contribution in [2.45, 2.75) is 0 Å². The molecule has 300 valence electrons. The first-order valence-electron chi connectivity index (χ1n) is 18.4. The normalized spacial score (nSPS) is 10.5. The summed E-state index contributed by atoms with van der Waals surface area (Å²) in [5.41, 5.74) is 4.96. The Morgan fingerprint density at radius 2 is 0.746 bits per heavy atom. The zero-order chi connectivity index (χ0) is 42.2. The summed E-state index contributed by atoms with van der Waals surface area (Å²) in [7, 11) is 6.04. The topological polar surface area (TPSA) is 129 Å². The minimum Gasteiger partial charge on any atom is -0.464 e. The van der Waals surface area contributed by atoms with Gasteiger partial charge in [-0.25, -0.2) is 9.59 Å². The molecular weight excluding hydrogens is 743 g/mol. The highest BCUT2D eigenvalue weighted by Gasteiger charge is 2.18. The Morgan fingerprint density at radius 3 is 1.07 bits per heavy atom. The maximum absolute atomic E-state index is 12.6. The maximum atomic E-state index is 12.6. The molecule has 0 aromatic heterocycles. The first-order valence-corrected chi connectivity index (χ1v) is 18.4. The molecule has 0 saturated heterocycles. The van der Waals surface area contributed by atoms with Crippen LogP contribution in [-0.4, -0.2) is 57.0 Å². The summed E-state index contributed by atoms with van der Waals surface area (Å²) >= 11 is 0. The molecule has 11 heteroatoms. The fourth-order valence-electron chi connectivity index (χ4n) is 5.13. The van der Waals surface area contributed by atoms with Crippen molar-refractivity contribution in [2.24, 2.45) is 0 Å². The van der Waals surface area contributed by atoms with Crippen LogP contribution in [0.25, 0.3) is 0 Å². The van der Waals surface area contributed by atoms with E-state index < -0.39 is 17.8 Å². The van der Waals surface area contributed by atoms with Crippen LogP contribution >= 0.6 is 0 Å². The molecule has 6 aromatic carbocycles. The van der Waals surface area contributed by atoms with Crippen molar-refractivity contribution in [3.63, 3.8) is 0 Å². The highest BCUT2D eigenvalue weighted by molar-refractivity contribution is 6.02. The van der Waals surface area contributed by atoms with Gasteiger partial charge in [0.1, 0.15) is 11.4 Å². The second-order valence-electron chi connectivity index (χ2n) is 12.6. The van der Waals surface area contributed by atoms with Crippen LogP contribution in [0.15, 0.2) is 206 Å². The smallest absolute Gasteiger partial charge is 0.356 e. The van der Waals surface area contributed by atoms with E-state index in [1.807, 2.05) is 138 Å². The van der Waals surface area contributed by atoms with Gasteiger partial charge in [0.25, 0.3) is 11.8 Å². The minimum absolute atomic E-state index is 0.0315. The largest absolute Gasteiger partial charge is 0.464 e. The van der Waals surface area contributed by atoms with Gasteiger partial charge in [-0.1, -0.05) is 109 Å². The van der Waals surface area contributed by atoms with E-state index in [1.54, 1.807) is 73.7 Å². The van der Waals surface area contributed by atoms with E-state index >= 15 is 0 Å². The van der Waals surface area contributed by atoms with Crippen LogP contribution in [0.2, 0.25) is 0 Å². The molecule has 0 unspecified atom stereocenters. The number of nitrogens with one attached hydrogen (secondary N) is 3. The fourth-order valence-corrected chi connectivity index (χ4v) is 5.13. The second kappa shape index (κ2) is 23.9. The molecule has 0 fully saturated rings. The molecule has 0 aliphatic rings. The van der Waals surface area contributed by atoms with Crippen LogP contribution in [0.4, 0.5) is 22.7 Å². The Kier molecular flexibility index (Phi) is 17.7. The average Bonchev–Trinajstić information content (AvgIpc) is 3.29. The first-order chi connectivity index (χ1) is 28.7. The summed E-state index contributed by atoms with van der Waals surface area (Å²) in [5, 5.41) is 8.49. The molecule has 2 amide bonds. The monoisotopic (exact) mass is 789 g/mol. The van der Waals surface area contributed by atoms with E-state index in [2.05, 4.69) is 20.7 Å². The SMILES string of the molecule is COC(=O)/C(=C/N(C)C)NC(=O)c1ccccc1.COC(=O)/C(=C/N(c1ccccc1)c1ccccc1)NC(=O)c1ccccc1.c1ccc(Nc2ccccc2)cc1. The number of hydrogen-bond acceptors (Lipinski definition) is 9. The van der Waals surface area contributed by atoms with Gasteiger partial charge in [-0.15, -0.1) is 0 Å². The Balaban J connectivity index is 0.000000212. The van der Waals surface area contributed by atoms with Gasteiger partial charge < -0.3 is 35.2 Å². The zero-order valence-electron chi connectivity index (χ0n) is 33.3. The van der Waals surface area contributed by atoms with Gasteiger partial charge in [-0.2, -0.15) is 0 Å². The molecule has 0 aliphatic carbocycles. The lowest BCUT2D eigenvalue weighted by molar-refractivity contribution is -0.137. The molecule has 0 heterocycles. The van der Waals surface area contributed by atoms with Gasteiger partial charge in [0.2, 0.25) is 0 Å². The van der Waals surface area contributed by atoms with E-state index in [9.17, 15) is 19.2 Å². The van der Waals surface area contributed by atoms with Crippen molar-refractivity contribution in [1.29, 1.82) is 0 Å². The van der Waals surface area contributed by atoms with E-state index in [1.165, 1.54) is 20.4 Å². The number of anilines is 4. The Labute approximate surface area is 345 Å². The second-order valence-corrected chi connectivity index (χ2v) is 12.6. The molecule has 6 rings (SSSR count). The van der Waals surface area contributed by atoms with E-state index in [0.29, 0.717) is 11.1 Å². The molecule has 6 aromatic rings. The van der Waals surface area contributed by atoms with Gasteiger partial charge in [0, 0.05) is 60.4 Å². The predicted octanol–water partition coefficient (Wildman–Crippen LogP) is 8.69. The van der Waals surface area contributed by atoms with Crippen molar-refractivity contribution in [3.8, 4) is 0 Å². The van der Waals surface area contributed by atoms with Crippen LogP contribution in [-0.2, 0) is 19.1 Å². The highest BCUT2D eigenvalue weighted by Crippen LogP contribution is 2.26. The number of amides is 2. The third kappa shape index (κ3) is 14.9. The first kappa shape index (κ1) is 43.8. The number of esters is 2. The van der Waals surface area contributed by atoms with Crippen LogP contribution in [0, 0.1) is 0 Å². The number of carbonyl (C=O) groups excluding carboxylic acids is 4. The van der Waals surface area contributed by atoms with Gasteiger partial charge in [0.15, 0.2) is 0 Å². The Hall–Kier alpha value is -7.92. The van der Waals surface area contributed by atoms with E-state index in [0.717, 1.165) is 22.7 Å². The number of methoxy groups -OCH3 is 2. The van der Waals surface area contributed by atoms with Crippen molar-refractivity contribution < 1.29 is 28.7 Å². The molecule has 11 nitrogen and oxygen atoms in total. The molecule has 59 heavy (non-hydrogen) atoms. The quantitative estimate of drug-likeness (QED) is 0.0824. The van der Waals surface area contributed by atoms with E-state index in [-0.39, 0.29) is 17.3 Å². The number of hydrogen-bond donors (Lipinski definition) is 3. The fraction of sp³-hybridized carbons (Fsp3) is 0.0833. The summed E-state index contributed by atoms with van der Waals surface area (Å²) in [6.45, 7) is 0. The summed E-state index contributed by atoms with van der Waals surface area (Å²) < 4.78 is 9.47. The number of benzene rings is 6. The standard InChI is InChI=1S/C23H20N2O3.C13H16N2O3.C12H11N/c1-28-23(27)21(24-22(26)18-11-5-2-6-12-18)17-25(19-13-7-3-8-14-19)20-15-9-4-10-16-20;1-15(2)9-11(13(17)18-3)14-12(16)10-7-5-4-6-8-10;1-3-7-11(8-4-1)13-12-9-5-2-6-10-12/h2-17H,1H3,(H,24,26);4-9H,1-3H3,(H,14,16);1-10,13H/b21-17-;11-9-;. The lowest BCUT2D eigenvalue weighted by atomic mass is 10.2. The molecule has 0 atom stereocenters. The molecule has 0 bridgehead atoms. The van der Waals surface area contributed by atoms with Crippen LogP contribution in [0.3, 0.4) is 0 Å². The van der Waals surface area contributed by atoms with Crippen molar-refractivity contribution >= 4 is 46.5 Å². The number of carbonyl (C=O) groups is 4. The van der Waals surface area contributed by atoms with E-state index in [4.69, 9.17) is 4.74 Å². The number of rotatable bonds is 12. The summed E-state index contributed by atoms with van der Waals surface area (Å²) in [6.07, 6.45) is 3.06. The lowest BCUT2D eigenvalue weighted by Gasteiger charge is -2.22. The van der Waals surface area contributed by atoms with Crippen molar-refractivity contribution in [3.05, 3.63) is 217 Å². The zero-order valence-corrected chi connectivity index (χ0v) is 33.3. The molecule has 3 N–H and O–H groups in total. The average molecular weight is 790 g/mol. The molecule has 0 radical (unpaired) electrons. The van der Waals surface area contributed by atoms with Crippen LogP contribution in [0.5, 0.6) is 0 Å². The molecule has 0 aliphatic heterocycles. The van der Waals surface area contributed by atoms with Crippen LogP contribution < -0.4 is 20.9 Å². The summed E-state index contributed by atoms with van der Waals surface area (Å²) in [5.74, 6) is -1.97. The van der Waals surface area contributed by atoms with Gasteiger partial charge in [-0.05, 0) is 72.8 Å². The lowest BCUT2D eigenvalue weighted by Crippen LogP contribution is -2.30.